The van der Waals surface area contributed by atoms with E-state index in [1.165, 1.54) is 4.88 Å². The average molecular weight is 287 g/mol. The number of thiophene rings is 1. The third kappa shape index (κ3) is 2.95. The Bertz CT molecular complexity index is 493. The third-order valence-electron chi connectivity index (χ3n) is 3.49. The zero-order valence-electron chi connectivity index (χ0n) is 11.0. The molecule has 1 aliphatic rings. The summed E-state index contributed by atoms with van der Waals surface area (Å²) in [5.41, 5.74) is 0. The topological polar surface area (TPSA) is 46.2 Å². The van der Waals surface area contributed by atoms with Crippen molar-refractivity contribution in [3.63, 3.8) is 0 Å². The van der Waals surface area contributed by atoms with E-state index in [1.807, 2.05) is 6.92 Å². The Morgan fingerprint density at radius 2 is 2.22 bits per heavy atom. The molecule has 1 aromatic rings. The van der Waals surface area contributed by atoms with Crippen molar-refractivity contribution in [3.8, 4) is 0 Å². The van der Waals surface area contributed by atoms with E-state index in [2.05, 4.69) is 24.4 Å². The molecule has 2 heterocycles. The van der Waals surface area contributed by atoms with Crippen molar-refractivity contribution in [2.75, 3.05) is 12.3 Å². The molecule has 0 spiro atoms. The molecule has 0 bridgehead atoms. The van der Waals surface area contributed by atoms with Gasteiger partial charge in [-0.05, 0) is 38.4 Å². The van der Waals surface area contributed by atoms with Gasteiger partial charge in [-0.2, -0.15) is 0 Å². The van der Waals surface area contributed by atoms with Crippen LogP contribution in [0.25, 0.3) is 0 Å². The van der Waals surface area contributed by atoms with Gasteiger partial charge in [0.1, 0.15) is 0 Å². The van der Waals surface area contributed by atoms with Crippen LogP contribution in [0, 0.1) is 6.92 Å². The highest BCUT2D eigenvalue weighted by molar-refractivity contribution is 7.92. The van der Waals surface area contributed by atoms with E-state index in [0.29, 0.717) is 5.75 Å². The number of rotatable bonds is 4. The van der Waals surface area contributed by atoms with Crippen LogP contribution in [0.2, 0.25) is 0 Å². The zero-order valence-corrected chi connectivity index (χ0v) is 12.6. The van der Waals surface area contributed by atoms with Crippen LogP contribution >= 0.6 is 11.3 Å². The smallest absolute Gasteiger partial charge is 0.155 e. The molecule has 1 fully saturated rings. The Kier molecular flexibility index (Phi) is 4.45. The highest BCUT2D eigenvalue weighted by Crippen LogP contribution is 2.33. The summed E-state index contributed by atoms with van der Waals surface area (Å²) in [6.07, 6.45) is 2.63. The molecule has 1 aliphatic heterocycles. The van der Waals surface area contributed by atoms with Crippen LogP contribution in [0.4, 0.5) is 0 Å². The van der Waals surface area contributed by atoms with E-state index >= 15 is 0 Å². The predicted molar refractivity (Wildman–Crippen MR) is 76.9 cm³/mol. The largest absolute Gasteiger partial charge is 0.308 e. The van der Waals surface area contributed by atoms with Crippen LogP contribution < -0.4 is 5.32 Å². The fraction of sp³-hybridized carbons (Fsp3) is 0.692. The lowest BCUT2D eigenvalue weighted by atomic mass is 10.1. The lowest BCUT2D eigenvalue weighted by molar-refractivity contribution is 0.458. The molecule has 0 aromatic carbocycles. The maximum atomic E-state index is 12.2. The van der Waals surface area contributed by atoms with Crippen molar-refractivity contribution < 1.29 is 8.42 Å². The number of aryl methyl sites for hydroxylation is 1. The number of hydrogen-bond donors (Lipinski definition) is 1. The van der Waals surface area contributed by atoms with Crippen molar-refractivity contribution in [2.45, 2.75) is 44.4 Å². The van der Waals surface area contributed by atoms with E-state index in [1.54, 1.807) is 11.3 Å². The highest BCUT2D eigenvalue weighted by Gasteiger charge is 2.36. The molecular weight excluding hydrogens is 266 g/mol. The lowest BCUT2D eigenvalue weighted by Gasteiger charge is -2.30. The van der Waals surface area contributed by atoms with Crippen molar-refractivity contribution in [1.82, 2.24) is 5.32 Å². The van der Waals surface area contributed by atoms with E-state index < -0.39 is 9.84 Å². The fourth-order valence-electron chi connectivity index (χ4n) is 2.61. The summed E-state index contributed by atoms with van der Waals surface area (Å²) in [4.78, 5) is 2.39. The first-order chi connectivity index (χ1) is 8.54. The van der Waals surface area contributed by atoms with Crippen LogP contribution in [0.15, 0.2) is 12.1 Å². The zero-order chi connectivity index (χ0) is 13.2. The second-order valence-electron chi connectivity index (χ2n) is 4.88. The minimum absolute atomic E-state index is 0.0287. The van der Waals surface area contributed by atoms with Crippen LogP contribution in [0.3, 0.4) is 0 Å². The van der Waals surface area contributed by atoms with Crippen molar-refractivity contribution in [3.05, 3.63) is 21.9 Å². The van der Waals surface area contributed by atoms with Gasteiger partial charge in [-0.25, -0.2) is 8.42 Å². The fourth-order valence-corrected chi connectivity index (χ4v) is 5.81. The van der Waals surface area contributed by atoms with Crippen molar-refractivity contribution in [2.24, 2.45) is 0 Å². The van der Waals surface area contributed by atoms with Gasteiger partial charge >= 0.3 is 0 Å². The first-order valence-electron chi connectivity index (χ1n) is 6.56. The Morgan fingerprint density at radius 3 is 2.78 bits per heavy atom. The van der Waals surface area contributed by atoms with Crippen molar-refractivity contribution in [1.29, 1.82) is 0 Å². The van der Waals surface area contributed by atoms with Crippen molar-refractivity contribution >= 4 is 21.2 Å². The first-order valence-corrected chi connectivity index (χ1v) is 9.09. The molecule has 2 atom stereocenters. The molecule has 18 heavy (non-hydrogen) atoms. The van der Waals surface area contributed by atoms with Crippen LogP contribution in [-0.4, -0.2) is 26.0 Å². The second kappa shape index (κ2) is 5.72. The summed E-state index contributed by atoms with van der Waals surface area (Å²) >= 11 is 1.70. The molecule has 1 aromatic heterocycles. The Labute approximate surface area is 114 Å². The average Bonchev–Trinajstić information content (AvgIpc) is 2.73. The summed E-state index contributed by atoms with van der Waals surface area (Å²) < 4.78 is 24.5. The quantitative estimate of drug-likeness (QED) is 0.926. The molecule has 0 amide bonds. The summed E-state index contributed by atoms with van der Waals surface area (Å²) in [5.74, 6) is 0.351. The minimum atomic E-state index is -2.94. The summed E-state index contributed by atoms with van der Waals surface area (Å²) in [5, 5.41) is 3.12. The first kappa shape index (κ1) is 14.0. The molecule has 0 saturated carbocycles. The van der Waals surface area contributed by atoms with Gasteiger partial charge in [0.2, 0.25) is 0 Å². The molecule has 2 rings (SSSR count). The molecular formula is C13H21NO2S2. The Balaban J connectivity index is 2.29. The van der Waals surface area contributed by atoms with Crippen LogP contribution in [0.5, 0.6) is 0 Å². The molecule has 3 nitrogen and oxygen atoms in total. The maximum absolute atomic E-state index is 12.2. The van der Waals surface area contributed by atoms with Crippen LogP contribution in [0.1, 0.15) is 42.0 Å². The van der Waals surface area contributed by atoms with E-state index in [0.717, 1.165) is 30.7 Å². The SMILES string of the molecule is CCNC(c1ccc(C)s1)C1CCCCS1(=O)=O. The molecule has 1 N–H and O–H groups in total. The molecule has 102 valence electrons. The van der Waals surface area contributed by atoms with E-state index in [9.17, 15) is 8.42 Å². The molecule has 5 heteroatoms. The molecule has 2 unspecified atom stereocenters. The highest BCUT2D eigenvalue weighted by atomic mass is 32.2. The second-order valence-corrected chi connectivity index (χ2v) is 8.54. The molecule has 0 radical (unpaired) electrons. The number of nitrogens with one attached hydrogen (secondary N) is 1. The standard InChI is InChI=1S/C13H21NO2S2/c1-3-14-13(11-8-7-10(2)17-11)12-6-4-5-9-18(12,15)16/h7-8,12-14H,3-6,9H2,1-2H3. The Morgan fingerprint density at radius 1 is 1.44 bits per heavy atom. The number of sulfone groups is 1. The third-order valence-corrected chi connectivity index (χ3v) is 6.86. The molecule has 0 aliphatic carbocycles. The van der Waals surface area contributed by atoms with Gasteiger partial charge in [-0.1, -0.05) is 13.3 Å². The molecule has 1 saturated heterocycles. The lowest BCUT2D eigenvalue weighted by Crippen LogP contribution is -2.40. The summed E-state index contributed by atoms with van der Waals surface area (Å²) in [6, 6.07) is 4.11. The summed E-state index contributed by atoms with van der Waals surface area (Å²) in [6.45, 7) is 4.89. The minimum Gasteiger partial charge on any atom is -0.308 e. The number of hydrogen-bond acceptors (Lipinski definition) is 4. The Hall–Kier alpha value is -0.390. The van der Waals surface area contributed by atoms with Gasteiger partial charge in [-0.15, -0.1) is 11.3 Å². The predicted octanol–water partition coefficient (Wildman–Crippen LogP) is 2.67. The van der Waals surface area contributed by atoms with Gasteiger partial charge in [-0.3, -0.25) is 0 Å². The van der Waals surface area contributed by atoms with E-state index in [-0.39, 0.29) is 11.3 Å². The van der Waals surface area contributed by atoms with Gasteiger partial charge < -0.3 is 5.32 Å². The monoisotopic (exact) mass is 287 g/mol. The van der Waals surface area contributed by atoms with Crippen LogP contribution in [-0.2, 0) is 9.84 Å². The normalized spacial score (nSPS) is 24.9. The summed E-state index contributed by atoms with van der Waals surface area (Å²) in [7, 11) is -2.94. The van der Waals surface area contributed by atoms with Gasteiger partial charge in [0.05, 0.1) is 17.0 Å². The maximum Gasteiger partial charge on any atom is 0.155 e. The van der Waals surface area contributed by atoms with Gasteiger partial charge in [0.25, 0.3) is 0 Å². The van der Waals surface area contributed by atoms with Gasteiger partial charge in [0.15, 0.2) is 9.84 Å². The van der Waals surface area contributed by atoms with Gasteiger partial charge in [0, 0.05) is 9.75 Å². The van der Waals surface area contributed by atoms with E-state index in [4.69, 9.17) is 0 Å².